The minimum atomic E-state index is -1.25. The van der Waals surface area contributed by atoms with Gasteiger partial charge in [-0.3, -0.25) is 4.79 Å². The lowest BCUT2D eigenvalue weighted by molar-refractivity contribution is -0.132. The van der Waals surface area contributed by atoms with Gasteiger partial charge in [0.25, 0.3) is 0 Å². The van der Waals surface area contributed by atoms with Crippen LogP contribution in [0.15, 0.2) is 12.2 Å². The fraction of sp³-hybridized carbons (Fsp3) is 0.885. The van der Waals surface area contributed by atoms with Gasteiger partial charge in [-0.05, 0) is 32.1 Å². The van der Waals surface area contributed by atoms with Gasteiger partial charge in [-0.2, -0.15) is 0 Å². The molecule has 0 aliphatic carbocycles. The molecule has 1 amide bonds. The summed E-state index contributed by atoms with van der Waals surface area (Å²) < 4.78 is 0. The van der Waals surface area contributed by atoms with Crippen molar-refractivity contribution < 1.29 is 25.2 Å². The SMILES string of the molecule is CCCC/C=C\CCCCCCC(O)C(=O)NC(CO)C(O)C(O)CCCCCCCC. The van der Waals surface area contributed by atoms with Crippen LogP contribution in [0, 0.1) is 0 Å². The summed E-state index contributed by atoms with van der Waals surface area (Å²) in [4.78, 5) is 12.2. The topological polar surface area (TPSA) is 110 Å². The Morgan fingerprint density at radius 3 is 1.91 bits per heavy atom. The van der Waals surface area contributed by atoms with E-state index in [4.69, 9.17) is 0 Å². The summed E-state index contributed by atoms with van der Waals surface area (Å²) in [5.74, 6) is -0.603. The van der Waals surface area contributed by atoms with Crippen molar-refractivity contribution in [2.75, 3.05) is 6.61 Å². The van der Waals surface area contributed by atoms with Gasteiger partial charge in [0.15, 0.2) is 0 Å². The maximum absolute atomic E-state index is 12.2. The van der Waals surface area contributed by atoms with Crippen LogP contribution in [0.3, 0.4) is 0 Å². The normalized spacial score (nSPS) is 15.6. The van der Waals surface area contributed by atoms with Crippen molar-refractivity contribution in [3.8, 4) is 0 Å². The fourth-order valence-electron chi connectivity index (χ4n) is 3.73. The van der Waals surface area contributed by atoms with Crippen molar-refractivity contribution in [3.63, 3.8) is 0 Å². The first-order chi connectivity index (χ1) is 15.5. The van der Waals surface area contributed by atoms with E-state index >= 15 is 0 Å². The quantitative estimate of drug-likeness (QED) is 0.122. The molecule has 0 spiro atoms. The zero-order chi connectivity index (χ0) is 24.0. The highest BCUT2D eigenvalue weighted by Crippen LogP contribution is 2.13. The molecular formula is C26H51NO5. The van der Waals surface area contributed by atoms with Gasteiger partial charge >= 0.3 is 0 Å². The Hall–Kier alpha value is -0.950. The maximum atomic E-state index is 12.2. The Labute approximate surface area is 196 Å². The molecule has 0 aromatic carbocycles. The second kappa shape index (κ2) is 21.9. The van der Waals surface area contributed by atoms with Gasteiger partial charge in [-0.25, -0.2) is 0 Å². The molecule has 6 heteroatoms. The largest absolute Gasteiger partial charge is 0.394 e. The van der Waals surface area contributed by atoms with Crippen molar-refractivity contribution in [2.24, 2.45) is 0 Å². The highest BCUT2D eigenvalue weighted by Gasteiger charge is 2.28. The minimum Gasteiger partial charge on any atom is -0.394 e. The van der Waals surface area contributed by atoms with Gasteiger partial charge < -0.3 is 25.7 Å². The first kappa shape index (κ1) is 31.0. The van der Waals surface area contributed by atoms with Gasteiger partial charge in [0, 0.05) is 0 Å². The third-order valence-electron chi connectivity index (χ3n) is 5.98. The van der Waals surface area contributed by atoms with E-state index in [1.807, 2.05) is 0 Å². The van der Waals surface area contributed by atoms with Crippen LogP contribution in [0.25, 0.3) is 0 Å². The summed E-state index contributed by atoms with van der Waals surface area (Å²) in [6.45, 7) is 3.86. The van der Waals surface area contributed by atoms with Crippen molar-refractivity contribution in [1.29, 1.82) is 0 Å². The number of aliphatic hydroxyl groups excluding tert-OH is 4. The molecule has 0 bridgehead atoms. The molecule has 4 atom stereocenters. The highest BCUT2D eigenvalue weighted by molar-refractivity contribution is 5.80. The monoisotopic (exact) mass is 457 g/mol. The first-order valence-electron chi connectivity index (χ1n) is 13.1. The number of carbonyl (C=O) groups is 1. The van der Waals surface area contributed by atoms with E-state index in [1.54, 1.807) is 0 Å². The van der Waals surface area contributed by atoms with E-state index in [2.05, 4.69) is 31.3 Å². The molecule has 0 aliphatic rings. The first-order valence-corrected chi connectivity index (χ1v) is 13.1. The zero-order valence-corrected chi connectivity index (χ0v) is 20.7. The number of rotatable bonds is 22. The Balaban J connectivity index is 4.02. The van der Waals surface area contributed by atoms with E-state index in [1.165, 1.54) is 32.1 Å². The molecule has 6 nitrogen and oxygen atoms in total. The molecule has 0 fully saturated rings. The second-order valence-electron chi connectivity index (χ2n) is 9.03. The minimum absolute atomic E-state index is 0.354. The van der Waals surface area contributed by atoms with Crippen molar-refractivity contribution in [3.05, 3.63) is 12.2 Å². The number of hydrogen-bond donors (Lipinski definition) is 5. The number of nitrogens with one attached hydrogen (secondary N) is 1. The number of unbranched alkanes of at least 4 members (excludes halogenated alkanes) is 11. The molecule has 32 heavy (non-hydrogen) atoms. The fourth-order valence-corrected chi connectivity index (χ4v) is 3.73. The molecule has 4 unspecified atom stereocenters. The lowest BCUT2D eigenvalue weighted by atomic mass is 9.99. The molecular weight excluding hydrogens is 406 g/mol. The van der Waals surface area contributed by atoms with Gasteiger partial charge in [-0.15, -0.1) is 0 Å². The van der Waals surface area contributed by atoms with E-state index in [0.717, 1.165) is 57.8 Å². The molecule has 0 heterocycles. The van der Waals surface area contributed by atoms with Crippen LogP contribution < -0.4 is 5.32 Å². The number of aliphatic hydroxyl groups is 4. The van der Waals surface area contributed by atoms with E-state index < -0.39 is 36.9 Å². The zero-order valence-electron chi connectivity index (χ0n) is 20.7. The predicted molar refractivity (Wildman–Crippen MR) is 131 cm³/mol. The summed E-state index contributed by atoms with van der Waals surface area (Å²) in [5, 5.41) is 42.6. The smallest absolute Gasteiger partial charge is 0.249 e. The molecule has 0 rings (SSSR count). The average molecular weight is 458 g/mol. The summed E-state index contributed by atoms with van der Waals surface area (Å²) in [6.07, 6.45) is 16.9. The van der Waals surface area contributed by atoms with Crippen LogP contribution in [-0.4, -0.2) is 57.3 Å². The van der Waals surface area contributed by atoms with Crippen LogP contribution >= 0.6 is 0 Å². The number of allylic oxidation sites excluding steroid dienone is 2. The standard InChI is InChI=1S/C26H51NO5/c1-3-5-7-9-11-12-13-14-16-18-20-24(30)26(32)27-22(21-28)25(31)23(29)19-17-15-10-8-6-4-2/h9,11,22-25,28-31H,3-8,10,12-21H2,1-2H3,(H,27,32)/b11-9-. The molecule has 0 aromatic rings. The molecule has 0 aliphatic heterocycles. The average Bonchev–Trinajstić information content (AvgIpc) is 2.79. The third-order valence-corrected chi connectivity index (χ3v) is 5.98. The molecule has 190 valence electrons. The van der Waals surface area contributed by atoms with Gasteiger partial charge in [-0.1, -0.05) is 96.6 Å². The van der Waals surface area contributed by atoms with Gasteiger partial charge in [0.2, 0.25) is 5.91 Å². The Kier molecular flexibility index (Phi) is 21.2. The van der Waals surface area contributed by atoms with Crippen molar-refractivity contribution >= 4 is 5.91 Å². The lowest BCUT2D eigenvalue weighted by Gasteiger charge is -2.27. The van der Waals surface area contributed by atoms with Crippen LogP contribution in [0.5, 0.6) is 0 Å². The molecule has 0 radical (unpaired) electrons. The van der Waals surface area contributed by atoms with Crippen molar-refractivity contribution in [1.82, 2.24) is 5.32 Å². The number of amides is 1. The molecule has 5 N–H and O–H groups in total. The predicted octanol–water partition coefficient (Wildman–Crippen LogP) is 4.38. The number of hydrogen-bond acceptors (Lipinski definition) is 5. The summed E-state index contributed by atoms with van der Waals surface area (Å²) in [6, 6.07) is -0.980. The lowest BCUT2D eigenvalue weighted by Crippen LogP contribution is -2.53. The van der Waals surface area contributed by atoms with Crippen LogP contribution in [0.4, 0.5) is 0 Å². The highest BCUT2D eigenvalue weighted by atomic mass is 16.3. The summed E-state index contributed by atoms with van der Waals surface area (Å²) in [7, 11) is 0. The summed E-state index contributed by atoms with van der Waals surface area (Å²) >= 11 is 0. The maximum Gasteiger partial charge on any atom is 0.249 e. The van der Waals surface area contributed by atoms with Crippen LogP contribution in [0.1, 0.15) is 117 Å². The Bertz CT molecular complexity index is 457. The second-order valence-corrected chi connectivity index (χ2v) is 9.03. The van der Waals surface area contributed by atoms with Crippen LogP contribution in [-0.2, 0) is 4.79 Å². The number of carbonyl (C=O) groups excluding carboxylic acids is 1. The van der Waals surface area contributed by atoms with E-state index in [9.17, 15) is 25.2 Å². The molecule has 0 aromatic heterocycles. The van der Waals surface area contributed by atoms with Gasteiger partial charge in [0.05, 0.1) is 18.8 Å². The van der Waals surface area contributed by atoms with Crippen molar-refractivity contribution in [2.45, 2.75) is 141 Å². The third kappa shape index (κ3) is 16.7. The van der Waals surface area contributed by atoms with E-state index in [0.29, 0.717) is 12.8 Å². The van der Waals surface area contributed by atoms with Crippen LogP contribution in [0.2, 0.25) is 0 Å². The van der Waals surface area contributed by atoms with Gasteiger partial charge in [0.1, 0.15) is 12.2 Å². The Morgan fingerprint density at radius 2 is 1.28 bits per heavy atom. The summed E-state index contributed by atoms with van der Waals surface area (Å²) in [5.41, 5.74) is 0. The Morgan fingerprint density at radius 1 is 0.750 bits per heavy atom. The molecule has 0 saturated carbocycles. The molecule has 0 saturated heterocycles. The van der Waals surface area contributed by atoms with E-state index in [-0.39, 0.29) is 0 Å².